The van der Waals surface area contributed by atoms with Gasteiger partial charge in [-0.05, 0) is 34.2 Å². The Kier molecular flexibility index (Phi) is 7.86. The van der Waals surface area contributed by atoms with Crippen molar-refractivity contribution in [1.29, 1.82) is 0 Å². The van der Waals surface area contributed by atoms with Crippen LogP contribution < -0.4 is 15.7 Å². The maximum absolute atomic E-state index is 12.7. The number of rotatable bonds is 7. The molecule has 0 bridgehead atoms. The highest BCUT2D eigenvalue weighted by molar-refractivity contribution is 6.80. The second-order valence-corrected chi connectivity index (χ2v) is 11.1. The van der Waals surface area contributed by atoms with Crippen LogP contribution in [0.25, 0.3) is 0 Å². The van der Waals surface area contributed by atoms with E-state index in [1.807, 2.05) is 18.2 Å². The van der Waals surface area contributed by atoms with Crippen LogP contribution in [0.15, 0.2) is 54.6 Å². The summed E-state index contributed by atoms with van der Waals surface area (Å²) in [5.41, 5.74) is 1.39. The summed E-state index contributed by atoms with van der Waals surface area (Å²) in [4.78, 5) is 12.7. The van der Waals surface area contributed by atoms with Gasteiger partial charge in [-0.2, -0.15) is 0 Å². The summed E-state index contributed by atoms with van der Waals surface area (Å²) in [6.45, 7) is 6.63. The Balaban J connectivity index is 1.79. The first-order valence-electron chi connectivity index (χ1n) is 10.9. The molecular formula is C25H34NO3Si. The predicted molar refractivity (Wildman–Crippen MR) is 123 cm³/mol. The van der Waals surface area contributed by atoms with Crippen LogP contribution in [0.2, 0.25) is 0 Å². The first kappa shape index (κ1) is 22.7. The molecule has 0 aliphatic heterocycles. The number of hydrogen-bond donors (Lipinski definition) is 1. The van der Waals surface area contributed by atoms with E-state index in [1.54, 1.807) is 7.11 Å². The van der Waals surface area contributed by atoms with Crippen molar-refractivity contribution >= 4 is 25.3 Å². The van der Waals surface area contributed by atoms with Gasteiger partial charge in [0.2, 0.25) is 12.3 Å². The molecule has 0 aromatic heterocycles. The minimum atomic E-state index is -1.59. The van der Waals surface area contributed by atoms with E-state index in [2.05, 4.69) is 62.5 Å². The molecule has 1 aliphatic rings. The van der Waals surface area contributed by atoms with Crippen molar-refractivity contribution in [2.75, 3.05) is 7.11 Å². The normalized spacial score (nSPS) is 16.4. The topological polar surface area (TPSA) is 47.6 Å². The zero-order chi connectivity index (χ0) is 21.6. The molecule has 0 spiro atoms. The lowest BCUT2D eigenvalue weighted by Gasteiger charge is -2.27. The third kappa shape index (κ3) is 6.03. The third-order valence-corrected chi connectivity index (χ3v) is 7.89. The molecule has 0 heterocycles. The van der Waals surface area contributed by atoms with E-state index < -0.39 is 15.5 Å². The minimum absolute atomic E-state index is 0.0408. The summed E-state index contributed by atoms with van der Waals surface area (Å²) in [6.07, 6.45) is 4.61. The number of carbonyl (C=O) groups is 1. The average molecular weight is 425 g/mol. The van der Waals surface area contributed by atoms with Gasteiger partial charge in [-0.1, -0.05) is 94.6 Å². The van der Waals surface area contributed by atoms with Gasteiger partial charge in [0.25, 0.3) is 9.04 Å². The van der Waals surface area contributed by atoms with Gasteiger partial charge in [0.05, 0.1) is 0 Å². The lowest BCUT2D eigenvalue weighted by atomic mass is 9.87. The molecule has 1 amide bonds. The van der Waals surface area contributed by atoms with Gasteiger partial charge in [-0.15, -0.1) is 0 Å². The second-order valence-electron chi connectivity index (χ2n) is 9.05. The van der Waals surface area contributed by atoms with E-state index >= 15 is 0 Å². The lowest BCUT2D eigenvalue weighted by Crippen LogP contribution is -2.52. The van der Waals surface area contributed by atoms with E-state index in [4.69, 9.17) is 9.16 Å². The highest BCUT2D eigenvalue weighted by atomic mass is 28.3. The highest BCUT2D eigenvalue weighted by Crippen LogP contribution is 2.24. The largest absolute Gasteiger partial charge is 0.366 e. The Morgan fingerprint density at radius 1 is 0.967 bits per heavy atom. The van der Waals surface area contributed by atoms with Crippen LogP contribution in [-0.2, 0) is 19.4 Å². The van der Waals surface area contributed by atoms with Crippen molar-refractivity contribution in [2.45, 2.75) is 64.7 Å². The van der Waals surface area contributed by atoms with Crippen LogP contribution in [0.4, 0.5) is 0 Å². The Morgan fingerprint density at radius 2 is 1.57 bits per heavy atom. The fourth-order valence-electron chi connectivity index (χ4n) is 3.86. The molecule has 0 saturated heterocycles. The number of amides is 1. The molecule has 5 heteroatoms. The molecule has 4 nitrogen and oxygen atoms in total. The first-order chi connectivity index (χ1) is 14.4. The van der Waals surface area contributed by atoms with Crippen molar-refractivity contribution in [3.8, 4) is 0 Å². The van der Waals surface area contributed by atoms with Crippen LogP contribution in [0.1, 0.15) is 58.4 Å². The molecule has 1 unspecified atom stereocenters. The van der Waals surface area contributed by atoms with E-state index in [1.165, 1.54) is 12.0 Å². The first-order valence-corrected chi connectivity index (χ1v) is 12.3. The van der Waals surface area contributed by atoms with Crippen LogP contribution in [0.3, 0.4) is 0 Å². The molecule has 1 atom stereocenters. The summed E-state index contributed by atoms with van der Waals surface area (Å²) in [5.74, 6) is 0.109. The number of benzene rings is 2. The predicted octanol–water partition coefficient (Wildman–Crippen LogP) is 3.73. The van der Waals surface area contributed by atoms with Gasteiger partial charge < -0.3 is 14.5 Å². The Bertz CT molecular complexity index is 795. The van der Waals surface area contributed by atoms with Crippen LogP contribution in [0.5, 0.6) is 0 Å². The number of methoxy groups -OCH3 is 1. The Labute approximate surface area is 182 Å². The fourth-order valence-corrected chi connectivity index (χ4v) is 5.80. The number of carbonyl (C=O) groups excluding carboxylic acids is 1. The van der Waals surface area contributed by atoms with Crippen molar-refractivity contribution in [3.63, 3.8) is 0 Å². The van der Waals surface area contributed by atoms with Gasteiger partial charge in [0.15, 0.2) is 0 Å². The highest BCUT2D eigenvalue weighted by Gasteiger charge is 2.28. The summed E-state index contributed by atoms with van der Waals surface area (Å²) in [7, 11) is -0.00448. The molecule has 30 heavy (non-hydrogen) atoms. The molecule has 1 N–H and O–H groups in total. The number of hydrogen-bond acceptors (Lipinski definition) is 3. The summed E-state index contributed by atoms with van der Waals surface area (Å²) < 4.78 is 11.9. The average Bonchev–Trinajstić information content (AvgIpc) is 2.77. The summed E-state index contributed by atoms with van der Waals surface area (Å²) in [6, 6.07) is 18.9. The molecule has 2 aromatic carbocycles. The van der Waals surface area contributed by atoms with E-state index in [-0.39, 0.29) is 17.2 Å². The van der Waals surface area contributed by atoms with Crippen molar-refractivity contribution in [1.82, 2.24) is 5.32 Å². The molecule has 161 valence electrons. The van der Waals surface area contributed by atoms with Crippen LogP contribution in [0, 0.1) is 5.92 Å². The lowest BCUT2D eigenvalue weighted by molar-refractivity contribution is -0.140. The molecule has 1 radical (unpaired) electrons. The smallest absolute Gasteiger partial charge is 0.288 e. The Hall–Kier alpha value is -1.95. The van der Waals surface area contributed by atoms with E-state index in [0.29, 0.717) is 0 Å². The second kappa shape index (κ2) is 10.4. The SMILES string of the molecule is COC(NC(=O)C1CCCCC1)O[Si](c1ccccc1)c1ccc(C(C)(C)C)cc1. The van der Waals surface area contributed by atoms with Gasteiger partial charge in [0.1, 0.15) is 0 Å². The quantitative estimate of drug-likeness (QED) is 0.544. The maximum Gasteiger partial charge on any atom is 0.288 e. The van der Waals surface area contributed by atoms with Crippen molar-refractivity contribution in [3.05, 3.63) is 60.2 Å². The maximum atomic E-state index is 12.7. The van der Waals surface area contributed by atoms with Crippen LogP contribution in [-0.4, -0.2) is 28.5 Å². The van der Waals surface area contributed by atoms with Crippen LogP contribution >= 0.6 is 0 Å². The summed E-state index contributed by atoms with van der Waals surface area (Å²) >= 11 is 0. The van der Waals surface area contributed by atoms with Gasteiger partial charge in [0, 0.05) is 13.0 Å². The number of ether oxygens (including phenoxy) is 1. The van der Waals surface area contributed by atoms with Crippen molar-refractivity contribution < 1.29 is 14.0 Å². The third-order valence-electron chi connectivity index (χ3n) is 5.72. The zero-order valence-electron chi connectivity index (χ0n) is 18.6. The molecule has 3 rings (SSSR count). The molecule has 1 saturated carbocycles. The molecule has 2 aromatic rings. The Morgan fingerprint density at radius 3 is 2.13 bits per heavy atom. The molecular weight excluding hydrogens is 390 g/mol. The fraction of sp³-hybridized carbons (Fsp3) is 0.480. The zero-order valence-corrected chi connectivity index (χ0v) is 19.6. The standard InChI is InChI=1S/C25H34NO3Si/c1-25(2,3)20-15-17-22(18-16-20)30(21-13-9-6-10-14-21)29-24(28-4)26-23(27)19-11-7-5-8-12-19/h6,9-10,13-19,24H,5,7-8,11-12H2,1-4H3,(H,26,27). The van der Waals surface area contributed by atoms with E-state index in [9.17, 15) is 4.79 Å². The van der Waals surface area contributed by atoms with Gasteiger partial charge in [-0.25, -0.2) is 0 Å². The minimum Gasteiger partial charge on any atom is -0.366 e. The summed E-state index contributed by atoms with van der Waals surface area (Å²) in [5, 5.41) is 5.24. The van der Waals surface area contributed by atoms with E-state index in [0.717, 1.165) is 36.1 Å². The van der Waals surface area contributed by atoms with Gasteiger partial charge >= 0.3 is 0 Å². The van der Waals surface area contributed by atoms with Gasteiger partial charge in [-0.3, -0.25) is 4.79 Å². The number of nitrogens with one attached hydrogen (secondary N) is 1. The van der Waals surface area contributed by atoms with Crippen molar-refractivity contribution in [2.24, 2.45) is 5.92 Å². The molecule has 1 aliphatic carbocycles. The monoisotopic (exact) mass is 424 g/mol. The molecule has 1 fully saturated rings.